The van der Waals surface area contributed by atoms with Crippen molar-refractivity contribution in [2.45, 2.75) is 31.2 Å². The molecule has 4 rings (SSSR count). The number of hydrogen-bond acceptors (Lipinski definition) is 6. The van der Waals surface area contributed by atoms with Crippen LogP contribution in [-0.4, -0.2) is 71.3 Å². The third-order valence-corrected chi connectivity index (χ3v) is 8.06. The highest BCUT2D eigenvalue weighted by atomic mass is 32.2. The van der Waals surface area contributed by atoms with Gasteiger partial charge >= 0.3 is 0 Å². The highest BCUT2D eigenvalue weighted by molar-refractivity contribution is 7.92. The minimum absolute atomic E-state index is 0.180. The van der Waals surface area contributed by atoms with E-state index in [9.17, 15) is 13.2 Å². The van der Waals surface area contributed by atoms with Crippen molar-refractivity contribution in [3.63, 3.8) is 0 Å². The summed E-state index contributed by atoms with van der Waals surface area (Å²) in [6, 6.07) is 11.7. The molecule has 0 saturated carbocycles. The molecule has 2 aliphatic rings. The predicted octanol–water partition coefficient (Wildman–Crippen LogP) is 2.57. The smallest absolute Gasteiger partial charge is 0.261 e. The van der Waals surface area contributed by atoms with Crippen molar-refractivity contribution < 1.29 is 22.7 Å². The SMILES string of the molecule is Cc1ccc(S(=O)(=O)Nc2ccc(C(=O)NCC(C3CCOC3)N3CCOCC3)cc2)cc1C. The zero-order chi connectivity index (χ0) is 24.1. The number of rotatable bonds is 8. The lowest BCUT2D eigenvalue weighted by atomic mass is 9.96. The summed E-state index contributed by atoms with van der Waals surface area (Å²) in [5, 5.41) is 3.06. The number of nitrogens with zero attached hydrogens (tertiary/aromatic N) is 1. The summed E-state index contributed by atoms with van der Waals surface area (Å²) in [5.74, 6) is 0.210. The average molecular weight is 488 g/mol. The first-order chi connectivity index (χ1) is 16.3. The van der Waals surface area contributed by atoms with Crippen molar-refractivity contribution in [3.8, 4) is 0 Å². The van der Waals surface area contributed by atoms with E-state index >= 15 is 0 Å². The second-order valence-electron chi connectivity index (χ2n) is 8.98. The summed E-state index contributed by atoms with van der Waals surface area (Å²) in [5.41, 5.74) is 2.83. The molecule has 2 atom stereocenters. The normalized spacial score (nSPS) is 20.1. The molecule has 2 aliphatic heterocycles. The number of anilines is 1. The van der Waals surface area contributed by atoms with E-state index in [0.717, 1.165) is 37.2 Å². The van der Waals surface area contributed by atoms with E-state index < -0.39 is 10.0 Å². The van der Waals surface area contributed by atoms with Crippen molar-refractivity contribution >= 4 is 21.6 Å². The van der Waals surface area contributed by atoms with E-state index in [1.54, 1.807) is 42.5 Å². The van der Waals surface area contributed by atoms with Crippen LogP contribution in [0.5, 0.6) is 0 Å². The maximum absolute atomic E-state index is 12.8. The van der Waals surface area contributed by atoms with Crippen LogP contribution in [0, 0.1) is 19.8 Å². The summed E-state index contributed by atoms with van der Waals surface area (Å²) in [7, 11) is -3.71. The fourth-order valence-electron chi connectivity index (χ4n) is 4.44. The van der Waals surface area contributed by atoms with E-state index in [-0.39, 0.29) is 16.8 Å². The van der Waals surface area contributed by atoms with Crippen molar-refractivity contribution in [2.75, 3.05) is 50.8 Å². The van der Waals surface area contributed by atoms with Crippen molar-refractivity contribution in [3.05, 3.63) is 59.2 Å². The Labute approximate surface area is 201 Å². The monoisotopic (exact) mass is 487 g/mol. The van der Waals surface area contributed by atoms with Gasteiger partial charge in [-0.3, -0.25) is 14.4 Å². The van der Waals surface area contributed by atoms with Crippen LogP contribution in [0.4, 0.5) is 5.69 Å². The molecule has 0 spiro atoms. The fraction of sp³-hybridized carbons (Fsp3) is 0.480. The molecule has 2 saturated heterocycles. The number of amides is 1. The second kappa shape index (κ2) is 10.9. The van der Waals surface area contributed by atoms with Crippen molar-refractivity contribution in [2.24, 2.45) is 5.92 Å². The Balaban J connectivity index is 1.37. The zero-order valence-electron chi connectivity index (χ0n) is 19.7. The lowest BCUT2D eigenvalue weighted by Crippen LogP contribution is -2.52. The first kappa shape index (κ1) is 24.7. The number of carbonyl (C=O) groups is 1. The van der Waals surface area contributed by atoms with Gasteiger partial charge in [0.15, 0.2) is 0 Å². The Kier molecular flexibility index (Phi) is 7.88. The quantitative estimate of drug-likeness (QED) is 0.594. The number of hydrogen-bond donors (Lipinski definition) is 2. The molecule has 184 valence electrons. The number of carbonyl (C=O) groups excluding carboxylic acids is 1. The van der Waals surface area contributed by atoms with E-state index in [0.29, 0.717) is 43.5 Å². The Morgan fingerprint density at radius 2 is 1.76 bits per heavy atom. The van der Waals surface area contributed by atoms with E-state index in [1.165, 1.54) is 0 Å². The van der Waals surface area contributed by atoms with Gasteiger partial charge in [-0.1, -0.05) is 6.07 Å². The molecule has 0 aromatic heterocycles. The largest absolute Gasteiger partial charge is 0.381 e. The van der Waals surface area contributed by atoms with Crippen LogP contribution in [0.15, 0.2) is 47.4 Å². The summed E-state index contributed by atoms with van der Waals surface area (Å²) in [6.07, 6.45) is 0.993. The van der Waals surface area contributed by atoms with Crippen molar-refractivity contribution in [1.82, 2.24) is 10.2 Å². The maximum Gasteiger partial charge on any atom is 0.261 e. The van der Waals surface area contributed by atoms with Gasteiger partial charge in [0.05, 0.1) is 24.7 Å². The third-order valence-electron chi connectivity index (χ3n) is 6.68. The van der Waals surface area contributed by atoms with Crippen LogP contribution in [0.2, 0.25) is 0 Å². The van der Waals surface area contributed by atoms with Gasteiger partial charge < -0.3 is 14.8 Å². The summed E-state index contributed by atoms with van der Waals surface area (Å²) in [4.78, 5) is 15.4. The first-order valence-electron chi connectivity index (χ1n) is 11.7. The molecule has 0 bridgehead atoms. The molecule has 34 heavy (non-hydrogen) atoms. The van der Waals surface area contributed by atoms with E-state index in [1.807, 2.05) is 13.8 Å². The van der Waals surface area contributed by atoms with Gasteiger partial charge in [0.1, 0.15) is 0 Å². The Bertz CT molecular complexity index is 1090. The third kappa shape index (κ3) is 5.96. The topological polar surface area (TPSA) is 97.0 Å². The molecule has 2 unspecified atom stereocenters. The highest BCUT2D eigenvalue weighted by Crippen LogP contribution is 2.22. The van der Waals surface area contributed by atoms with Gasteiger partial charge in [-0.2, -0.15) is 0 Å². The van der Waals surface area contributed by atoms with Crippen LogP contribution in [0.25, 0.3) is 0 Å². The first-order valence-corrected chi connectivity index (χ1v) is 13.2. The van der Waals surface area contributed by atoms with Gasteiger partial charge in [0.2, 0.25) is 0 Å². The van der Waals surface area contributed by atoms with Crippen LogP contribution >= 0.6 is 0 Å². The number of ether oxygens (including phenoxy) is 2. The lowest BCUT2D eigenvalue weighted by molar-refractivity contribution is 0.00166. The second-order valence-corrected chi connectivity index (χ2v) is 10.7. The van der Waals surface area contributed by atoms with Gasteiger partial charge in [-0.15, -0.1) is 0 Å². The molecular weight excluding hydrogens is 454 g/mol. The molecule has 2 aromatic carbocycles. The van der Waals surface area contributed by atoms with Gasteiger partial charge in [-0.25, -0.2) is 8.42 Å². The average Bonchev–Trinajstić information content (AvgIpc) is 3.36. The number of nitrogens with one attached hydrogen (secondary N) is 2. The molecule has 8 nitrogen and oxygen atoms in total. The zero-order valence-corrected chi connectivity index (χ0v) is 20.6. The predicted molar refractivity (Wildman–Crippen MR) is 131 cm³/mol. The Morgan fingerprint density at radius 3 is 2.41 bits per heavy atom. The van der Waals surface area contributed by atoms with Gasteiger partial charge in [0.25, 0.3) is 15.9 Å². The number of sulfonamides is 1. The standard InChI is InChI=1S/C25H33N3O5S/c1-18-3-8-23(15-19(18)2)34(30,31)27-22-6-4-20(5-7-22)25(29)26-16-24(21-9-12-33-17-21)28-10-13-32-14-11-28/h3-8,15,21,24,27H,9-14,16-17H2,1-2H3,(H,26,29). The minimum atomic E-state index is -3.71. The summed E-state index contributed by atoms with van der Waals surface area (Å²) in [6.45, 7) is 8.95. The lowest BCUT2D eigenvalue weighted by Gasteiger charge is -2.37. The molecule has 2 aromatic rings. The number of benzene rings is 2. The van der Waals surface area contributed by atoms with Crippen LogP contribution in [-0.2, 0) is 19.5 Å². The van der Waals surface area contributed by atoms with Gasteiger partial charge in [0, 0.05) is 49.5 Å². The number of aryl methyl sites for hydroxylation is 2. The molecule has 0 radical (unpaired) electrons. The minimum Gasteiger partial charge on any atom is -0.381 e. The van der Waals surface area contributed by atoms with Crippen molar-refractivity contribution in [1.29, 1.82) is 0 Å². The molecule has 2 N–H and O–H groups in total. The molecule has 0 aliphatic carbocycles. The van der Waals surface area contributed by atoms with Gasteiger partial charge in [-0.05, 0) is 67.8 Å². The molecule has 2 fully saturated rings. The Morgan fingerprint density at radius 1 is 1.03 bits per heavy atom. The van der Waals surface area contributed by atoms with E-state index in [4.69, 9.17) is 9.47 Å². The highest BCUT2D eigenvalue weighted by Gasteiger charge is 2.31. The fourth-order valence-corrected chi connectivity index (χ4v) is 5.59. The van der Waals surface area contributed by atoms with Crippen LogP contribution in [0.1, 0.15) is 27.9 Å². The summed E-state index contributed by atoms with van der Waals surface area (Å²) >= 11 is 0. The Hall–Kier alpha value is -2.46. The number of morpholine rings is 1. The maximum atomic E-state index is 12.8. The van der Waals surface area contributed by atoms with E-state index in [2.05, 4.69) is 14.9 Å². The summed E-state index contributed by atoms with van der Waals surface area (Å²) < 4.78 is 39.1. The molecule has 1 amide bonds. The molecule has 9 heteroatoms. The molecular formula is C25H33N3O5S. The molecule has 2 heterocycles. The van der Waals surface area contributed by atoms with Crippen LogP contribution < -0.4 is 10.0 Å². The van der Waals surface area contributed by atoms with Crippen LogP contribution in [0.3, 0.4) is 0 Å².